The molecule has 9 nitrogen and oxygen atoms in total. The Hall–Kier alpha value is -3.10. The molecule has 0 radical (unpaired) electrons. The van der Waals surface area contributed by atoms with Crippen LogP contribution in [0.25, 0.3) is 10.9 Å². The van der Waals surface area contributed by atoms with Crippen LogP contribution in [-0.2, 0) is 16.6 Å². The van der Waals surface area contributed by atoms with Crippen LogP contribution < -0.4 is 10.6 Å². The van der Waals surface area contributed by atoms with Crippen molar-refractivity contribution in [2.45, 2.75) is 37.6 Å². The van der Waals surface area contributed by atoms with Crippen molar-refractivity contribution in [1.29, 1.82) is 0 Å². The molecule has 28 heavy (non-hydrogen) atoms. The zero-order chi connectivity index (χ0) is 19.8. The van der Waals surface area contributed by atoms with E-state index in [1.807, 2.05) is 25.2 Å². The maximum atomic E-state index is 12.2. The number of fused-ring (bicyclic) bond motifs is 1. The minimum Gasteiger partial charge on any atom is -0.465 e. The molecule has 148 valence electrons. The standard InChI is InChI=1S/C19H23N5O4/c1-23-15-10-12(20-11-6-8-24(9-7-11)19(27)28)2-3-13(15)17(22-23)14-4-5-16(25)21-18(14)26/h2-3,10-11,14,20H,4-9H2,1H3,(H,27,28)(H,21,25,26). The van der Waals surface area contributed by atoms with Crippen LogP contribution in [0.1, 0.15) is 37.3 Å². The number of carbonyl (C=O) groups excluding carboxylic acids is 2. The topological polar surface area (TPSA) is 117 Å². The number of hydrogen-bond donors (Lipinski definition) is 3. The summed E-state index contributed by atoms with van der Waals surface area (Å²) in [6.07, 6.45) is 1.45. The van der Waals surface area contributed by atoms with Gasteiger partial charge in [-0.1, -0.05) is 0 Å². The van der Waals surface area contributed by atoms with Crippen molar-refractivity contribution in [3.8, 4) is 0 Å². The molecule has 3 amide bonds. The molecular formula is C19H23N5O4. The van der Waals surface area contributed by atoms with Crippen molar-refractivity contribution in [2.75, 3.05) is 18.4 Å². The number of nitrogens with one attached hydrogen (secondary N) is 2. The minimum absolute atomic E-state index is 0.218. The Morgan fingerprint density at radius 2 is 2.00 bits per heavy atom. The van der Waals surface area contributed by atoms with E-state index in [1.165, 1.54) is 4.90 Å². The smallest absolute Gasteiger partial charge is 0.407 e. The average molecular weight is 385 g/mol. The van der Waals surface area contributed by atoms with Gasteiger partial charge >= 0.3 is 6.09 Å². The Balaban J connectivity index is 1.52. The van der Waals surface area contributed by atoms with Crippen molar-refractivity contribution < 1.29 is 19.5 Å². The number of carbonyl (C=O) groups is 3. The van der Waals surface area contributed by atoms with Gasteiger partial charge in [0.05, 0.1) is 17.1 Å². The van der Waals surface area contributed by atoms with Crippen LogP contribution in [0.5, 0.6) is 0 Å². The number of amides is 3. The highest BCUT2D eigenvalue weighted by atomic mass is 16.4. The largest absolute Gasteiger partial charge is 0.465 e. The van der Waals surface area contributed by atoms with Crippen molar-refractivity contribution in [3.05, 3.63) is 23.9 Å². The number of likely N-dealkylation sites (tertiary alicyclic amines) is 1. The van der Waals surface area contributed by atoms with E-state index in [9.17, 15) is 14.4 Å². The third kappa shape index (κ3) is 3.39. The number of imide groups is 1. The number of hydrogen-bond acceptors (Lipinski definition) is 5. The van der Waals surface area contributed by atoms with Crippen LogP contribution in [0, 0.1) is 0 Å². The number of benzene rings is 1. The third-order valence-corrected chi connectivity index (χ3v) is 5.59. The molecule has 0 aliphatic carbocycles. The number of nitrogens with zero attached hydrogens (tertiary/aromatic N) is 3. The Kier molecular flexibility index (Phi) is 4.66. The van der Waals surface area contributed by atoms with E-state index in [0.717, 1.165) is 29.4 Å². The van der Waals surface area contributed by atoms with Gasteiger partial charge in [-0.05, 0) is 37.5 Å². The van der Waals surface area contributed by atoms with E-state index < -0.39 is 12.0 Å². The van der Waals surface area contributed by atoms with Gasteiger partial charge in [0, 0.05) is 43.7 Å². The Bertz CT molecular complexity index is 945. The first-order chi connectivity index (χ1) is 13.4. The third-order valence-electron chi connectivity index (χ3n) is 5.59. The van der Waals surface area contributed by atoms with Gasteiger partial charge in [0.15, 0.2) is 0 Å². The van der Waals surface area contributed by atoms with Crippen molar-refractivity contribution in [2.24, 2.45) is 7.05 Å². The number of anilines is 1. The maximum absolute atomic E-state index is 12.2. The fourth-order valence-corrected chi connectivity index (χ4v) is 4.04. The highest BCUT2D eigenvalue weighted by molar-refractivity contribution is 6.02. The average Bonchev–Trinajstić information content (AvgIpc) is 2.98. The van der Waals surface area contributed by atoms with Crippen LogP contribution in [-0.4, -0.2) is 56.8 Å². The lowest BCUT2D eigenvalue weighted by atomic mass is 9.93. The summed E-state index contributed by atoms with van der Waals surface area (Å²) in [6, 6.07) is 6.14. The molecule has 3 N–H and O–H groups in total. The van der Waals surface area contributed by atoms with Crippen molar-refractivity contribution >= 4 is 34.5 Å². The predicted molar refractivity (Wildman–Crippen MR) is 102 cm³/mol. The highest BCUT2D eigenvalue weighted by Gasteiger charge is 2.31. The monoisotopic (exact) mass is 385 g/mol. The van der Waals surface area contributed by atoms with E-state index >= 15 is 0 Å². The fourth-order valence-electron chi connectivity index (χ4n) is 4.04. The first-order valence-corrected chi connectivity index (χ1v) is 9.47. The van der Waals surface area contributed by atoms with Gasteiger partial charge in [-0.2, -0.15) is 5.10 Å². The zero-order valence-corrected chi connectivity index (χ0v) is 15.6. The molecule has 0 saturated carbocycles. The van der Waals surface area contributed by atoms with E-state index in [4.69, 9.17) is 5.11 Å². The SMILES string of the molecule is Cn1nc(C2CCC(=O)NC2=O)c2ccc(NC3CCN(C(=O)O)CC3)cc21. The summed E-state index contributed by atoms with van der Waals surface area (Å²) in [5.74, 6) is -0.939. The van der Waals surface area contributed by atoms with Crippen LogP contribution in [0.4, 0.5) is 10.5 Å². The number of piperidine rings is 2. The Morgan fingerprint density at radius 3 is 2.68 bits per heavy atom. The second-order valence-corrected chi connectivity index (χ2v) is 7.43. The quantitative estimate of drug-likeness (QED) is 0.692. The molecule has 1 aromatic carbocycles. The molecule has 2 fully saturated rings. The summed E-state index contributed by atoms with van der Waals surface area (Å²) in [5.41, 5.74) is 2.55. The van der Waals surface area contributed by atoms with Crippen LogP contribution in [0.2, 0.25) is 0 Å². The molecule has 1 unspecified atom stereocenters. The highest BCUT2D eigenvalue weighted by Crippen LogP contribution is 2.31. The fraction of sp³-hybridized carbons (Fsp3) is 0.474. The van der Waals surface area contributed by atoms with Gasteiger partial charge in [0.2, 0.25) is 11.8 Å². The van der Waals surface area contributed by atoms with E-state index in [2.05, 4.69) is 15.7 Å². The Labute approximate surface area is 161 Å². The summed E-state index contributed by atoms with van der Waals surface area (Å²) in [7, 11) is 1.84. The molecule has 2 aliphatic rings. The molecule has 0 spiro atoms. The summed E-state index contributed by atoms with van der Waals surface area (Å²) in [6.45, 7) is 1.06. The molecule has 2 aliphatic heterocycles. The van der Waals surface area contributed by atoms with Gasteiger partial charge in [0.1, 0.15) is 0 Å². The number of aryl methyl sites for hydroxylation is 1. The van der Waals surface area contributed by atoms with Crippen LogP contribution >= 0.6 is 0 Å². The maximum Gasteiger partial charge on any atom is 0.407 e. The molecule has 1 aromatic heterocycles. The van der Waals surface area contributed by atoms with Gasteiger partial charge in [-0.3, -0.25) is 19.6 Å². The molecular weight excluding hydrogens is 362 g/mol. The molecule has 1 atom stereocenters. The lowest BCUT2D eigenvalue weighted by Crippen LogP contribution is -2.41. The van der Waals surface area contributed by atoms with E-state index in [1.54, 1.807) is 4.68 Å². The van der Waals surface area contributed by atoms with Gasteiger partial charge in [-0.15, -0.1) is 0 Å². The van der Waals surface area contributed by atoms with Crippen molar-refractivity contribution in [1.82, 2.24) is 20.0 Å². The normalized spacial score (nSPS) is 21.0. The molecule has 0 bridgehead atoms. The second kappa shape index (κ2) is 7.14. The molecule has 2 aromatic rings. The lowest BCUT2D eigenvalue weighted by molar-refractivity contribution is -0.134. The molecule has 2 saturated heterocycles. The summed E-state index contributed by atoms with van der Waals surface area (Å²) < 4.78 is 1.76. The van der Waals surface area contributed by atoms with Crippen LogP contribution in [0.15, 0.2) is 18.2 Å². The van der Waals surface area contributed by atoms with E-state index in [-0.39, 0.29) is 17.9 Å². The van der Waals surface area contributed by atoms with Gasteiger partial charge in [-0.25, -0.2) is 4.79 Å². The molecule has 3 heterocycles. The number of aromatic nitrogens is 2. The lowest BCUT2D eigenvalue weighted by Gasteiger charge is -2.31. The van der Waals surface area contributed by atoms with Gasteiger partial charge < -0.3 is 15.3 Å². The number of carboxylic acid groups (broad SMARTS) is 1. The zero-order valence-electron chi connectivity index (χ0n) is 15.6. The second-order valence-electron chi connectivity index (χ2n) is 7.43. The van der Waals surface area contributed by atoms with Crippen molar-refractivity contribution in [3.63, 3.8) is 0 Å². The summed E-state index contributed by atoms with van der Waals surface area (Å²) in [4.78, 5) is 36.1. The van der Waals surface area contributed by atoms with E-state index in [0.29, 0.717) is 31.6 Å². The first-order valence-electron chi connectivity index (χ1n) is 9.47. The van der Waals surface area contributed by atoms with Crippen LogP contribution in [0.3, 0.4) is 0 Å². The predicted octanol–water partition coefficient (Wildman–Crippen LogP) is 1.65. The van der Waals surface area contributed by atoms with Gasteiger partial charge in [0.25, 0.3) is 0 Å². The first kappa shape index (κ1) is 18.3. The minimum atomic E-state index is -0.865. The Morgan fingerprint density at radius 1 is 1.25 bits per heavy atom. The summed E-state index contributed by atoms with van der Waals surface area (Å²) >= 11 is 0. The molecule has 4 rings (SSSR count). The molecule has 9 heteroatoms. The number of rotatable bonds is 3. The summed E-state index contributed by atoms with van der Waals surface area (Å²) in [5, 5.41) is 20.4.